The Morgan fingerprint density at radius 3 is 3.04 bits per heavy atom. The molecule has 1 fully saturated rings. The molecule has 3 aromatic rings. The smallest absolute Gasteiger partial charge is 0.133 e. The first kappa shape index (κ1) is 17.2. The number of aromatic nitrogens is 2. The van der Waals surface area contributed by atoms with Crippen LogP contribution in [0.4, 0.5) is 0 Å². The van der Waals surface area contributed by atoms with E-state index in [-0.39, 0.29) is 0 Å². The Morgan fingerprint density at radius 2 is 2.23 bits per heavy atom. The average Bonchev–Trinajstić information content (AvgIpc) is 3.31. The molecule has 1 aliphatic rings. The molecule has 26 heavy (non-hydrogen) atoms. The van der Waals surface area contributed by atoms with Crippen molar-refractivity contribution >= 4 is 11.3 Å². The van der Waals surface area contributed by atoms with Crippen LogP contribution in [0.1, 0.15) is 41.6 Å². The fourth-order valence-corrected chi connectivity index (χ4v) is 4.46. The molecule has 2 aromatic heterocycles. The van der Waals surface area contributed by atoms with Crippen molar-refractivity contribution in [2.45, 2.75) is 38.8 Å². The number of ether oxygens (including phenoxy) is 1. The summed E-state index contributed by atoms with van der Waals surface area (Å²) >= 11 is 1.75. The maximum atomic E-state index is 5.32. The maximum absolute atomic E-state index is 5.32. The Kier molecular flexibility index (Phi) is 5.04. The van der Waals surface area contributed by atoms with Crippen LogP contribution in [0.3, 0.4) is 0 Å². The topological polar surface area (TPSA) is 51.4 Å². The van der Waals surface area contributed by atoms with Crippen LogP contribution in [-0.2, 0) is 6.54 Å². The minimum Gasteiger partial charge on any atom is -0.497 e. The van der Waals surface area contributed by atoms with Crippen LogP contribution in [0.5, 0.6) is 5.75 Å². The molecule has 0 N–H and O–H groups in total. The van der Waals surface area contributed by atoms with Gasteiger partial charge >= 0.3 is 0 Å². The Labute approximate surface area is 157 Å². The quantitative estimate of drug-likeness (QED) is 0.644. The normalized spacial score (nSPS) is 18.2. The predicted octanol–water partition coefficient (Wildman–Crippen LogP) is 4.84. The lowest BCUT2D eigenvalue weighted by atomic mass is 9.99. The highest BCUT2D eigenvalue weighted by Crippen LogP contribution is 2.34. The summed E-state index contributed by atoms with van der Waals surface area (Å²) in [5.74, 6) is 1.74. The number of nitrogens with zero attached hydrogens (tertiary/aromatic N) is 3. The number of likely N-dealkylation sites (tertiary alicyclic amines) is 1. The third-order valence-corrected chi connectivity index (χ3v) is 5.86. The van der Waals surface area contributed by atoms with Crippen molar-refractivity contribution < 1.29 is 9.26 Å². The van der Waals surface area contributed by atoms with Crippen molar-refractivity contribution in [2.24, 2.45) is 0 Å². The molecule has 3 heterocycles. The van der Waals surface area contributed by atoms with Gasteiger partial charge in [-0.3, -0.25) is 4.90 Å². The molecular formula is C20H23N3O2S. The fourth-order valence-electron chi connectivity index (χ4n) is 3.53. The van der Waals surface area contributed by atoms with Crippen molar-refractivity contribution in [2.75, 3.05) is 13.7 Å². The molecule has 0 aliphatic carbocycles. The van der Waals surface area contributed by atoms with E-state index in [2.05, 4.69) is 27.2 Å². The van der Waals surface area contributed by atoms with E-state index in [1.54, 1.807) is 18.4 Å². The van der Waals surface area contributed by atoms with Crippen molar-refractivity contribution in [3.8, 4) is 16.3 Å². The summed E-state index contributed by atoms with van der Waals surface area (Å²) in [5, 5.41) is 5.29. The second-order valence-corrected chi connectivity index (χ2v) is 7.82. The van der Waals surface area contributed by atoms with E-state index < -0.39 is 0 Å². The molecule has 1 unspecified atom stereocenters. The molecule has 4 rings (SSSR count). The van der Waals surface area contributed by atoms with Crippen LogP contribution in [0.2, 0.25) is 0 Å². The first-order valence-electron chi connectivity index (χ1n) is 8.99. The lowest BCUT2D eigenvalue weighted by Gasteiger charge is -2.33. The molecule has 5 nitrogen and oxygen atoms in total. The first-order valence-corrected chi connectivity index (χ1v) is 9.81. The molecule has 0 spiro atoms. The lowest BCUT2D eigenvalue weighted by molar-refractivity contribution is 0.135. The summed E-state index contributed by atoms with van der Waals surface area (Å²) in [5.41, 5.74) is 2.16. The number of hydrogen-bond donors (Lipinski definition) is 0. The SMILES string of the molecule is COc1cccc(-c2ncc(CN3CCCCC3c3cc(C)on3)s2)c1. The van der Waals surface area contributed by atoms with Crippen LogP contribution in [0.15, 0.2) is 41.1 Å². The van der Waals surface area contributed by atoms with Gasteiger partial charge in [0, 0.05) is 29.2 Å². The Hall–Kier alpha value is -2.18. The van der Waals surface area contributed by atoms with Gasteiger partial charge in [0.1, 0.15) is 22.2 Å². The second kappa shape index (κ2) is 7.60. The zero-order valence-electron chi connectivity index (χ0n) is 15.1. The number of piperidine rings is 1. The van der Waals surface area contributed by atoms with Crippen molar-refractivity contribution in [3.63, 3.8) is 0 Å². The molecule has 1 atom stereocenters. The van der Waals surface area contributed by atoms with Gasteiger partial charge in [-0.1, -0.05) is 23.7 Å². The number of thiazole rings is 1. The highest BCUT2D eigenvalue weighted by molar-refractivity contribution is 7.15. The van der Waals surface area contributed by atoms with Crippen molar-refractivity contribution in [3.05, 3.63) is 52.9 Å². The van der Waals surface area contributed by atoms with Gasteiger partial charge in [-0.25, -0.2) is 4.98 Å². The molecular weight excluding hydrogens is 346 g/mol. The summed E-state index contributed by atoms with van der Waals surface area (Å²) in [4.78, 5) is 8.41. The third kappa shape index (κ3) is 3.66. The number of methoxy groups -OCH3 is 1. The van der Waals surface area contributed by atoms with E-state index in [0.717, 1.165) is 47.3 Å². The molecule has 1 saturated heterocycles. The third-order valence-electron chi connectivity index (χ3n) is 4.83. The zero-order valence-corrected chi connectivity index (χ0v) is 16.0. The Balaban J connectivity index is 1.52. The Morgan fingerprint density at radius 1 is 1.31 bits per heavy atom. The summed E-state index contributed by atoms with van der Waals surface area (Å²) in [7, 11) is 1.69. The number of benzene rings is 1. The van der Waals surface area contributed by atoms with Crippen molar-refractivity contribution in [1.29, 1.82) is 0 Å². The highest BCUT2D eigenvalue weighted by Gasteiger charge is 2.27. The van der Waals surface area contributed by atoms with Crippen LogP contribution < -0.4 is 4.74 Å². The summed E-state index contributed by atoms with van der Waals surface area (Å²) in [6, 6.07) is 10.5. The van der Waals surface area contributed by atoms with E-state index in [4.69, 9.17) is 9.26 Å². The van der Waals surface area contributed by atoms with Crippen LogP contribution in [0.25, 0.3) is 10.6 Å². The van der Waals surface area contributed by atoms with Gasteiger partial charge in [-0.15, -0.1) is 11.3 Å². The summed E-state index contributed by atoms with van der Waals surface area (Å²) < 4.78 is 10.6. The predicted molar refractivity (Wildman–Crippen MR) is 102 cm³/mol. The van der Waals surface area contributed by atoms with Gasteiger partial charge in [-0.05, 0) is 38.4 Å². The van der Waals surface area contributed by atoms with Crippen molar-refractivity contribution in [1.82, 2.24) is 15.0 Å². The molecule has 6 heteroatoms. The van der Waals surface area contributed by atoms with Gasteiger partial charge < -0.3 is 9.26 Å². The molecule has 0 bridgehead atoms. The van der Waals surface area contributed by atoms with Gasteiger partial charge in [0.05, 0.1) is 13.2 Å². The van der Waals surface area contributed by atoms with E-state index in [0.29, 0.717) is 6.04 Å². The van der Waals surface area contributed by atoms with Crippen LogP contribution >= 0.6 is 11.3 Å². The largest absolute Gasteiger partial charge is 0.497 e. The van der Waals surface area contributed by atoms with Crippen LogP contribution in [0, 0.1) is 6.92 Å². The molecule has 136 valence electrons. The minimum atomic E-state index is 0.337. The minimum absolute atomic E-state index is 0.337. The number of aryl methyl sites for hydroxylation is 1. The average molecular weight is 369 g/mol. The van der Waals surface area contributed by atoms with E-state index >= 15 is 0 Å². The van der Waals surface area contributed by atoms with E-state index in [1.807, 2.05) is 31.3 Å². The number of rotatable bonds is 5. The fraction of sp³-hybridized carbons (Fsp3) is 0.400. The molecule has 1 aromatic carbocycles. The standard InChI is InChI=1S/C20H23N3O2S/c1-14-10-18(22-25-14)19-8-3-4-9-23(19)13-17-12-21-20(26-17)15-6-5-7-16(11-15)24-2/h5-7,10-12,19H,3-4,8-9,13H2,1-2H3. The molecule has 1 aliphatic heterocycles. The lowest BCUT2D eigenvalue weighted by Crippen LogP contribution is -2.32. The van der Waals surface area contributed by atoms with Gasteiger partial charge in [0.25, 0.3) is 0 Å². The number of hydrogen-bond acceptors (Lipinski definition) is 6. The zero-order chi connectivity index (χ0) is 17.9. The first-order chi connectivity index (χ1) is 12.7. The highest BCUT2D eigenvalue weighted by atomic mass is 32.1. The van der Waals surface area contributed by atoms with Gasteiger partial charge in [0.2, 0.25) is 0 Å². The van der Waals surface area contributed by atoms with Gasteiger partial charge in [0.15, 0.2) is 0 Å². The molecule has 0 radical (unpaired) electrons. The molecule has 0 amide bonds. The van der Waals surface area contributed by atoms with Crippen LogP contribution in [-0.4, -0.2) is 28.7 Å². The van der Waals surface area contributed by atoms with E-state index in [1.165, 1.54) is 17.7 Å². The summed E-state index contributed by atoms with van der Waals surface area (Å²) in [6.45, 7) is 3.94. The summed E-state index contributed by atoms with van der Waals surface area (Å²) in [6.07, 6.45) is 5.60. The maximum Gasteiger partial charge on any atom is 0.133 e. The van der Waals surface area contributed by atoms with Gasteiger partial charge in [-0.2, -0.15) is 0 Å². The second-order valence-electron chi connectivity index (χ2n) is 6.71. The monoisotopic (exact) mass is 369 g/mol. The molecule has 0 saturated carbocycles. The van der Waals surface area contributed by atoms with E-state index in [9.17, 15) is 0 Å². The Bertz CT molecular complexity index is 873.